The van der Waals surface area contributed by atoms with Gasteiger partial charge < -0.3 is 19.4 Å². The van der Waals surface area contributed by atoms with Gasteiger partial charge in [-0.25, -0.2) is 0 Å². The Bertz CT molecular complexity index is 675. The third-order valence-electron chi connectivity index (χ3n) is 3.82. The third kappa shape index (κ3) is 3.19. The second-order valence-corrected chi connectivity index (χ2v) is 5.55. The number of rotatable bonds is 5. The normalized spacial score (nSPS) is 20.4. The van der Waals surface area contributed by atoms with E-state index in [0.717, 1.165) is 11.5 Å². The predicted molar refractivity (Wildman–Crippen MR) is 87.5 cm³/mol. The molecule has 0 spiro atoms. The van der Waals surface area contributed by atoms with Crippen LogP contribution in [0, 0.1) is 0 Å². The first-order valence-electron chi connectivity index (χ1n) is 7.29. The van der Waals surface area contributed by atoms with Crippen LogP contribution in [0.1, 0.15) is 30.0 Å². The number of carbonyl (C=O) groups excluding carboxylic acids is 1. The van der Waals surface area contributed by atoms with E-state index in [1.54, 1.807) is 12.5 Å². The van der Waals surface area contributed by atoms with Crippen molar-refractivity contribution < 1.29 is 13.9 Å². The van der Waals surface area contributed by atoms with Gasteiger partial charge in [-0.15, -0.1) is 0 Å². The van der Waals surface area contributed by atoms with Crippen LogP contribution in [0.15, 0.2) is 47.2 Å². The van der Waals surface area contributed by atoms with Crippen LogP contribution in [0.4, 0.5) is 0 Å². The molecule has 0 saturated carbocycles. The van der Waals surface area contributed by atoms with Gasteiger partial charge in [0.05, 0.1) is 31.5 Å². The number of hydrogen-bond acceptors (Lipinski definition) is 5. The SMILES string of the molecule is COC(=O)CCN1C(=S)N[C@H](c2ccccn2)[C@@H]1c1ccco1. The van der Waals surface area contributed by atoms with Gasteiger partial charge in [-0.2, -0.15) is 0 Å². The van der Waals surface area contributed by atoms with Gasteiger partial charge >= 0.3 is 5.97 Å². The highest BCUT2D eigenvalue weighted by molar-refractivity contribution is 7.80. The Labute approximate surface area is 139 Å². The quantitative estimate of drug-likeness (QED) is 0.665. The molecule has 0 bridgehead atoms. The van der Waals surface area contributed by atoms with Crippen molar-refractivity contribution in [3.8, 4) is 0 Å². The van der Waals surface area contributed by atoms with Crippen molar-refractivity contribution in [2.24, 2.45) is 0 Å². The lowest BCUT2D eigenvalue weighted by atomic mass is 10.0. The molecule has 0 aromatic carbocycles. The van der Waals surface area contributed by atoms with Crippen molar-refractivity contribution in [2.45, 2.75) is 18.5 Å². The summed E-state index contributed by atoms with van der Waals surface area (Å²) in [6.07, 6.45) is 3.63. The number of methoxy groups -OCH3 is 1. The molecule has 0 amide bonds. The summed E-state index contributed by atoms with van der Waals surface area (Å²) in [5.41, 5.74) is 0.872. The highest BCUT2D eigenvalue weighted by Gasteiger charge is 2.41. The molecule has 1 aliphatic heterocycles. The first-order chi connectivity index (χ1) is 11.2. The number of esters is 1. The fourth-order valence-electron chi connectivity index (χ4n) is 2.73. The first-order valence-corrected chi connectivity index (χ1v) is 7.70. The lowest BCUT2D eigenvalue weighted by Crippen LogP contribution is -2.31. The molecular weight excluding hydrogens is 314 g/mol. The number of thiocarbonyl (C=S) groups is 1. The summed E-state index contributed by atoms with van der Waals surface area (Å²) >= 11 is 5.45. The minimum absolute atomic E-state index is 0.132. The fourth-order valence-corrected chi connectivity index (χ4v) is 3.06. The summed E-state index contributed by atoms with van der Waals surface area (Å²) in [4.78, 5) is 17.8. The number of hydrogen-bond donors (Lipinski definition) is 1. The van der Waals surface area contributed by atoms with E-state index in [9.17, 15) is 4.79 Å². The Balaban J connectivity index is 1.89. The van der Waals surface area contributed by atoms with Crippen LogP contribution in [0.2, 0.25) is 0 Å². The van der Waals surface area contributed by atoms with Gasteiger partial charge in [0.15, 0.2) is 5.11 Å². The summed E-state index contributed by atoms with van der Waals surface area (Å²) in [6.45, 7) is 0.452. The summed E-state index contributed by atoms with van der Waals surface area (Å²) < 4.78 is 10.3. The zero-order valence-corrected chi connectivity index (χ0v) is 13.5. The van der Waals surface area contributed by atoms with Gasteiger partial charge in [-0.05, 0) is 36.5 Å². The number of ether oxygens (including phenoxy) is 1. The summed E-state index contributed by atoms with van der Waals surface area (Å²) in [5.74, 6) is 0.505. The molecule has 1 N–H and O–H groups in total. The van der Waals surface area contributed by atoms with Crippen LogP contribution in [0.5, 0.6) is 0 Å². The van der Waals surface area contributed by atoms with E-state index >= 15 is 0 Å². The zero-order valence-electron chi connectivity index (χ0n) is 12.6. The summed E-state index contributed by atoms with van der Waals surface area (Å²) in [6, 6.07) is 9.20. The van der Waals surface area contributed by atoms with E-state index in [1.165, 1.54) is 7.11 Å². The molecule has 6 nitrogen and oxygen atoms in total. The molecule has 1 fully saturated rings. The Kier molecular flexibility index (Phi) is 4.57. The second-order valence-electron chi connectivity index (χ2n) is 5.16. The van der Waals surface area contributed by atoms with Crippen molar-refractivity contribution >= 4 is 23.3 Å². The molecule has 0 aliphatic carbocycles. The van der Waals surface area contributed by atoms with E-state index in [2.05, 4.69) is 10.3 Å². The number of aromatic nitrogens is 1. The van der Waals surface area contributed by atoms with Crippen molar-refractivity contribution in [3.63, 3.8) is 0 Å². The molecule has 3 rings (SSSR count). The highest BCUT2D eigenvalue weighted by atomic mass is 32.1. The van der Waals surface area contributed by atoms with Crippen LogP contribution in [-0.2, 0) is 9.53 Å². The van der Waals surface area contributed by atoms with Crippen LogP contribution in [0.3, 0.4) is 0 Å². The van der Waals surface area contributed by atoms with Crippen LogP contribution in [-0.4, -0.2) is 34.6 Å². The van der Waals surface area contributed by atoms with Gasteiger partial charge in [0.25, 0.3) is 0 Å². The highest BCUT2D eigenvalue weighted by Crippen LogP contribution is 2.38. The predicted octanol–water partition coefficient (Wildman–Crippen LogP) is 2.21. The lowest BCUT2D eigenvalue weighted by molar-refractivity contribution is -0.140. The van der Waals surface area contributed by atoms with Gasteiger partial charge in [-0.3, -0.25) is 9.78 Å². The smallest absolute Gasteiger partial charge is 0.307 e. The molecule has 2 aromatic rings. The first kappa shape index (κ1) is 15.5. The number of nitrogens with one attached hydrogen (secondary N) is 1. The minimum Gasteiger partial charge on any atom is -0.469 e. The third-order valence-corrected chi connectivity index (χ3v) is 4.17. The molecule has 1 aliphatic rings. The van der Waals surface area contributed by atoms with Crippen molar-refractivity contribution in [1.82, 2.24) is 15.2 Å². The largest absolute Gasteiger partial charge is 0.469 e. The number of pyridine rings is 1. The Hall–Kier alpha value is -2.41. The van der Waals surface area contributed by atoms with E-state index < -0.39 is 0 Å². The van der Waals surface area contributed by atoms with Crippen LogP contribution >= 0.6 is 12.2 Å². The van der Waals surface area contributed by atoms with Crippen molar-refractivity contribution in [3.05, 3.63) is 54.2 Å². The minimum atomic E-state index is -0.271. The molecule has 7 heteroatoms. The Morgan fingerprint density at radius 2 is 2.30 bits per heavy atom. The number of nitrogens with zero attached hydrogens (tertiary/aromatic N) is 2. The summed E-state index contributed by atoms with van der Waals surface area (Å²) in [7, 11) is 1.38. The fraction of sp³-hybridized carbons (Fsp3) is 0.312. The van der Waals surface area contributed by atoms with E-state index in [4.69, 9.17) is 21.4 Å². The molecular formula is C16H17N3O3S. The Morgan fingerprint density at radius 1 is 1.43 bits per heavy atom. The summed E-state index contributed by atoms with van der Waals surface area (Å²) in [5, 5.41) is 3.86. The molecule has 2 aromatic heterocycles. The van der Waals surface area contributed by atoms with Gasteiger partial charge in [0.1, 0.15) is 11.8 Å². The molecule has 120 valence electrons. The van der Waals surface area contributed by atoms with Gasteiger partial charge in [-0.1, -0.05) is 6.07 Å². The topological polar surface area (TPSA) is 67.6 Å². The number of carbonyl (C=O) groups is 1. The maximum absolute atomic E-state index is 11.5. The van der Waals surface area contributed by atoms with Crippen molar-refractivity contribution in [2.75, 3.05) is 13.7 Å². The van der Waals surface area contributed by atoms with Crippen LogP contribution < -0.4 is 5.32 Å². The van der Waals surface area contributed by atoms with E-state index in [0.29, 0.717) is 11.7 Å². The van der Waals surface area contributed by atoms with Gasteiger partial charge in [0.2, 0.25) is 0 Å². The molecule has 3 heterocycles. The maximum atomic E-state index is 11.5. The van der Waals surface area contributed by atoms with E-state index in [1.807, 2.05) is 35.2 Å². The van der Waals surface area contributed by atoms with Crippen LogP contribution in [0.25, 0.3) is 0 Å². The average molecular weight is 331 g/mol. The monoisotopic (exact) mass is 331 g/mol. The molecule has 0 unspecified atom stereocenters. The molecule has 0 radical (unpaired) electrons. The second kappa shape index (κ2) is 6.78. The van der Waals surface area contributed by atoms with Gasteiger partial charge in [0, 0.05) is 12.7 Å². The van der Waals surface area contributed by atoms with Crippen molar-refractivity contribution in [1.29, 1.82) is 0 Å². The molecule has 23 heavy (non-hydrogen) atoms. The Morgan fingerprint density at radius 3 is 2.96 bits per heavy atom. The molecule has 1 saturated heterocycles. The molecule has 2 atom stereocenters. The maximum Gasteiger partial charge on any atom is 0.307 e. The number of furan rings is 1. The van der Waals surface area contributed by atoms with E-state index in [-0.39, 0.29) is 24.5 Å². The standard InChI is InChI=1S/C16H17N3O3S/c1-21-13(20)7-9-19-15(12-6-4-10-22-12)14(18-16(19)23)11-5-2-3-8-17-11/h2-6,8,10,14-15H,7,9H2,1H3,(H,18,23)/t14-,15+/m1/s1. The average Bonchev–Trinajstić information content (AvgIpc) is 3.21. The lowest BCUT2D eigenvalue weighted by Gasteiger charge is -2.25. The zero-order chi connectivity index (χ0) is 16.2.